The molecule has 3 unspecified atom stereocenters. The van der Waals surface area contributed by atoms with Crippen molar-refractivity contribution in [1.82, 2.24) is 4.31 Å². The number of nitrogens with zero attached hydrogens (tertiary/aromatic N) is 1. The Morgan fingerprint density at radius 1 is 1.35 bits per heavy atom. The molecule has 0 amide bonds. The second-order valence-corrected chi connectivity index (χ2v) is 8.04. The van der Waals surface area contributed by atoms with Crippen LogP contribution in [0, 0.1) is 11.8 Å². The molecule has 4 nitrogen and oxygen atoms in total. The van der Waals surface area contributed by atoms with Crippen LogP contribution < -0.4 is 5.73 Å². The number of hydrogen-bond donors (Lipinski definition) is 1. The third kappa shape index (κ3) is 3.01. The Labute approximate surface area is 105 Å². The summed E-state index contributed by atoms with van der Waals surface area (Å²) in [5.41, 5.74) is 5.92. The highest BCUT2D eigenvalue weighted by Crippen LogP contribution is 2.39. The van der Waals surface area contributed by atoms with E-state index in [0.29, 0.717) is 11.8 Å². The van der Waals surface area contributed by atoms with Crippen molar-refractivity contribution >= 4 is 10.0 Å². The van der Waals surface area contributed by atoms with Gasteiger partial charge in [-0.3, -0.25) is 0 Å². The summed E-state index contributed by atoms with van der Waals surface area (Å²) in [5.74, 6) is 1.18. The van der Waals surface area contributed by atoms with Gasteiger partial charge in [0.15, 0.2) is 0 Å². The Morgan fingerprint density at radius 3 is 2.53 bits per heavy atom. The number of rotatable bonds is 5. The van der Waals surface area contributed by atoms with Crippen molar-refractivity contribution in [3.05, 3.63) is 0 Å². The summed E-state index contributed by atoms with van der Waals surface area (Å²) in [5, 5.41) is 0. The summed E-state index contributed by atoms with van der Waals surface area (Å²) in [6.07, 6.45) is 4.10. The normalized spacial score (nSPS) is 31.3. The van der Waals surface area contributed by atoms with Gasteiger partial charge < -0.3 is 5.73 Å². The third-order valence-electron chi connectivity index (χ3n) is 3.92. The summed E-state index contributed by atoms with van der Waals surface area (Å²) in [6, 6.07) is 0.0513. The van der Waals surface area contributed by atoms with Crippen LogP contribution in [-0.2, 0) is 10.0 Å². The van der Waals surface area contributed by atoms with Crippen LogP contribution in [0.2, 0.25) is 0 Å². The molecular weight excluding hydrogens is 236 g/mol. The van der Waals surface area contributed by atoms with Gasteiger partial charge in [0.05, 0.1) is 5.75 Å². The van der Waals surface area contributed by atoms with Crippen LogP contribution >= 0.6 is 0 Å². The molecule has 2 aliphatic rings. The van der Waals surface area contributed by atoms with Gasteiger partial charge in [-0.15, -0.1) is 0 Å². The molecule has 0 aromatic rings. The fourth-order valence-electron chi connectivity index (χ4n) is 3.26. The maximum Gasteiger partial charge on any atom is 0.215 e. The summed E-state index contributed by atoms with van der Waals surface area (Å²) >= 11 is 0. The Bertz CT molecular complexity index is 367. The Morgan fingerprint density at radius 2 is 2.06 bits per heavy atom. The van der Waals surface area contributed by atoms with E-state index >= 15 is 0 Å². The second-order valence-electron chi connectivity index (χ2n) is 6.07. The molecule has 2 fully saturated rings. The smallest absolute Gasteiger partial charge is 0.215 e. The maximum absolute atomic E-state index is 12.3. The van der Waals surface area contributed by atoms with Gasteiger partial charge in [0.25, 0.3) is 0 Å². The van der Waals surface area contributed by atoms with Crippen molar-refractivity contribution in [3.8, 4) is 0 Å². The van der Waals surface area contributed by atoms with E-state index in [1.807, 2.05) is 0 Å². The lowest BCUT2D eigenvalue weighted by molar-refractivity contribution is 0.331. The Hall–Kier alpha value is -0.130. The van der Waals surface area contributed by atoms with Crippen LogP contribution in [0.1, 0.15) is 39.5 Å². The fraction of sp³-hybridized carbons (Fsp3) is 1.00. The lowest BCUT2D eigenvalue weighted by Crippen LogP contribution is -2.43. The molecule has 1 saturated heterocycles. The van der Waals surface area contributed by atoms with E-state index in [-0.39, 0.29) is 17.8 Å². The zero-order valence-corrected chi connectivity index (χ0v) is 11.6. The first kappa shape index (κ1) is 13.3. The summed E-state index contributed by atoms with van der Waals surface area (Å²) in [4.78, 5) is 0. The van der Waals surface area contributed by atoms with Gasteiger partial charge in [0, 0.05) is 18.6 Å². The zero-order chi connectivity index (χ0) is 12.6. The molecule has 1 heterocycles. The van der Waals surface area contributed by atoms with Crippen molar-refractivity contribution in [2.75, 3.05) is 12.3 Å². The average molecular weight is 260 g/mol. The van der Waals surface area contributed by atoms with E-state index < -0.39 is 10.0 Å². The lowest BCUT2D eigenvalue weighted by atomic mass is 10.1. The summed E-state index contributed by atoms with van der Waals surface area (Å²) in [7, 11) is -3.13. The predicted octanol–water partition coefficient (Wildman–Crippen LogP) is 1.17. The Kier molecular flexibility index (Phi) is 3.80. The summed E-state index contributed by atoms with van der Waals surface area (Å²) < 4.78 is 26.2. The van der Waals surface area contributed by atoms with E-state index in [1.165, 1.54) is 6.42 Å². The van der Waals surface area contributed by atoms with Crippen molar-refractivity contribution in [2.45, 2.75) is 51.6 Å². The topological polar surface area (TPSA) is 63.4 Å². The van der Waals surface area contributed by atoms with Crippen LogP contribution in [0.5, 0.6) is 0 Å². The molecule has 1 aliphatic carbocycles. The van der Waals surface area contributed by atoms with Crippen LogP contribution in [0.4, 0.5) is 0 Å². The molecule has 1 saturated carbocycles. The lowest BCUT2D eigenvalue weighted by Gasteiger charge is -2.27. The molecule has 2 N–H and O–H groups in total. The van der Waals surface area contributed by atoms with E-state index in [1.54, 1.807) is 4.31 Å². The van der Waals surface area contributed by atoms with Crippen LogP contribution in [0.15, 0.2) is 0 Å². The predicted molar refractivity (Wildman–Crippen MR) is 69.1 cm³/mol. The highest BCUT2D eigenvalue weighted by molar-refractivity contribution is 7.89. The number of fused-ring (bicyclic) bond motifs is 2. The minimum Gasteiger partial charge on any atom is -0.327 e. The second kappa shape index (κ2) is 4.86. The van der Waals surface area contributed by atoms with Gasteiger partial charge in [-0.25, -0.2) is 8.42 Å². The van der Waals surface area contributed by atoms with Gasteiger partial charge in [-0.2, -0.15) is 4.31 Å². The van der Waals surface area contributed by atoms with Crippen molar-refractivity contribution in [1.29, 1.82) is 0 Å². The molecule has 5 heteroatoms. The van der Waals surface area contributed by atoms with Crippen molar-refractivity contribution in [2.24, 2.45) is 17.6 Å². The minimum absolute atomic E-state index is 0.119. The van der Waals surface area contributed by atoms with Gasteiger partial charge in [-0.1, -0.05) is 13.8 Å². The minimum atomic E-state index is -3.13. The average Bonchev–Trinajstić information content (AvgIpc) is 2.75. The van der Waals surface area contributed by atoms with Crippen LogP contribution in [-0.4, -0.2) is 37.1 Å². The molecule has 0 radical (unpaired) electrons. The fourth-order valence-corrected chi connectivity index (χ4v) is 5.21. The molecule has 100 valence electrons. The van der Waals surface area contributed by atoms with E-state index in [4.69, 9.17) is 5.73 Å². The Balaban J connectivity index is 1.95. The quantitative estimate of drug-likeness (QED) is 0.807. The van der Waals surface area contributed by atoms with Crippen LogP contribution in [0.25, 0.3) is 0 Å². The highest BCUT2D eigenvalue weighted by Gasteiger charge is 2.43. The first-order valence-corrected chi connectivity index (χ1v) is 8.24. The number of hydrogen-bond acceptors (Lipinski definition) is 3. The molecule has 0 aromatic carbocycles. The molecule has 0 aromatic heterocycles. The van der Waals surface area contributed by atoms with Gasteiger partial charge in [-0.05, 0) is 37.5 Å². The monoisotopic (exact) mass is 260 g/mol. The number of sulfonamides is 1. The number of nitrogens with two attached hydrogens (primary N) is 1. The molecule has 3 atom stereocenters. The standard InChI is InChI=1S/C12H24N2O2S/c1-9(2)5-11(13)8-17(15,16)14-7-10-3-4-12(14)6-10/h9-12H,3-8,13H2,1-2H3. The SMILES string of the molecule is CC(C)CC(N)CS(=O)(=O)N1CC2CCC1C2. The van der Waals surface area contributed by atoms with Crippen molar-refractivity contribution in [3.63, 3.8) is 0 Å². The molecule has 17 heavy (non-hydrogen) atoms. The molecule has 1 aliphatic heterocycles. The third-order valence-corrected chi connectivity index (χ3v) is 5.93. The summed E-state index contributed by atoms with van der Waals surface area (Å²) in [6.45, 7) is 4.88. The van der Waals surface area contributed by atoms with Gasteiger partial charge in [0.2, 0.25) is 10.0 Å². The molecule has 0 spiro atoms. The van der Waals surface area contributed by atoms with E-state index in [0.717, 1.165) is 25.8 Å². The first-order chi connectivity index (χ1) is 7.88. The molecular formula is C12H24N2O2S. The van der Waals surface area contributed by atoms with Crippen molar-refractivity contribution < 1.29 is 8.42 Å². The largest absolute Gasteiger partial charge is 0.327 e. The zero-order valence-electron chi connectivity index (χ0n) is 10.8. The van der Waals surface area contributed by atoms with E-state index in [2.05, 4.69) is 13.8 Å². The highest BCUT2D eigenvalue weighted by atomic mass is 32.2. The van der Waals surface area contributed by atoms with Gasteiger partial charge >= 0.3 is 0 Å². The molecule has 2 rings (SSSR count). The van der Waals surface area contributed by atoms with E-state index in [9.17, 15) is 8.42 Å². The molecule has 2 bridgehead atoms. The van der Waals surface area contributed by atoms with Crippen LogP contribution in [0.3, 0.4) is 0 Å². The first-order valence-electron chi connectivity index (χ1n) is 6.63. The number of piperidine rings is 1. The maximum atomic E-state index is 12.3. The van der Waals surface area contributed by atoms with Gasteiger partial charge in [0.1, 0.15) is 0 Å².